The van der Waals surface area contributed by atoms with E-state index < -0.39 is 0 Å². The Kier molecular flexibility index (Phi) is 2.80. The average Bonchev–Trinajstić information content (AvgIpc) is 2.99. The van der Waals surface area contributed by atoms with Crippen molar-refractivity contribution in [3.8, 4) is 0 Å². The van der Waals surface area contributed by atoms with Gasteiger partial charge in [-0.05, 0) is 44.6 Å². The van der Waals surface area contributed by atoms with Gasteiger partial charge >= 0.3 is 0 Å². The zero-order valence-electron chi connectivity index (χ0n) is 10.9. The molecule has 4 nitrogen and oxygen atoms in total. The van der Waals surface area contributed by atoms with Gasteiger partial charge in [0.25, 0.3) is 5.91 Å². The van der Waals surface area contributed by atoms with Crippen molar-refractivity contribution in [1.29, 1.82) is 0 Å². The van der Waals surface area contributed by atoms with Crippen molar-refractivity contribution in [1.82, 2.24) is 9.88 Å². The predicted octanol–water partition coefficient (Wildman–Crippen LogP) is 2.32. The third kappa shape index (κ3) is 2.11. The molecule has 0 aliphatic heterocycles. The van der Waals surface area contributed by atoms with Crippen LogP contribution in [0.5, 0.6) is 0 Å². The van der Waals surface area contributed by atoms with E-state index >= 15 is 0 Å². The summed E-state index contributed by atoms with van der Waals surface area (Å²) in [5.41, 5.74) is 7.22. The van der Waals surface area contributed by atoms with Crippen molar-refractivity contribution >= 4 is 11.6 Å². The molecule has 1 atom stereocenters. The molecule has 3 rings (SSSR count). The number of nitrogens with zero attached hydrogens (tertiary/aromatic N) is 1. The van der Waals surface area contributed by atoms with Gasteiger partial charge in [-0.3, -0.25) is 4.79 Å². The molecule has 1 heterocycles. The number of nitrogens with two attached hydrogens (primary N) is 1. The van der Waals surface area contributed by atoms with Gasteiger partial charge in [-0.25, -0.2) is 0 Å². The summed E-state index contributed by atoms with van der Waals surface area (Å²) in [7, 11) is 0. The first kappa shape index (κ1) is 11.6. The predicted molar refractivity (Wildman–Crippen MR) is 71.4 cm³/mol. The number of anilines is 1. The lowest BCUT2D eigenvalue weighted by Gasteiger charge is -2.31. The maximum absolute atomic E-state index is 12.3. The zero-order chi connectivity index (χ0) is 12.7. The molecule has 0 radical (unpaired) electrons. The molecule has 1 amide bonds. The molecule has 98 valence electrons. The number of carbonyl (C=O) groups excluding carboxylic acids is 1. The monoisotopic (exact) mass is 247 g/mol. The molecule has 0 bridgehead atoms. The molecule has 2 saturated carbocycles. The molecule has 2 aliphatic carbocycles. The molecule has 4 heteroatoms. The summed E-state index contributed by atoms with van der Waals surface area (Å²) in [5, 5.41) is 3.12. The van der Waals surface area contributed by atoms with Gasteiger partial charge in [-0.2, -0.15) is 0 Å². The molecular formula is C14H21N3O. The lowest BCUT2D eigenvalue weighted by atomic mass is 9.80. The molecule has 18 heavy (non-hydrogen) atoms. The van der Waals surface area contributed by atoms with Gasteiger partial charge in [-0.15, -0.1) is 0 Å². The molecule has 0 saturated heterocycles. The zero-order valence-corrected chi connectivity index (χ0v) is 10.9. The summed E-state index contributed by atoms with van der Waals surface area (Å²) in [6.45, 7) is 2.11. The van der Waals surface area contributed by atoms with Crippen molar-refractivity contribution in [3.05, 3.63) is 18.0 Å². The average molecular weight is 247 g/mol. The first-order valence-electron chi connectivity index (χ1n) is 6.93. The van der Waals surface area contributed by atoms with Crippen molar-refractivity contribution in [2.75, 3.05) is 5.73 Å². The van der Waals surface area contributed by atoms with E-state index in [-0.39, 0.29) is 11.9 Å². The van der Waals surface area contributed by atoms with Crippen LogP contribution in [-0.2, 0) is 0 Å². The first-order chi connectivity index (χ1) is 8.65. The number of carbonyl (C=O) groups is 1. The van der Waals surface area contributed by atoms with Gasteiger partial charge in [-0.1, -0.05) is 6.42 Å². The summed E-state index contributed by atoms with van der Waals surface area (Å²) in [6, 6.07) is 2.55. The van der Waals surface area contributed by atoms with E-state index in [1.807, 2.05) is 10.8 Å². The second-order valence-corrected chi connectivity index (χ2v) is 5.75. The van der Waals surface area contributed by atoms with E-state index in [4.69, 9.17) is 5.73 Å². The Morgan fingerprint density at radius 2 is 2.17 bits per heavy atom. The highest BCUT2D eigenvalue weighted by Crippen LogP contribution is 2.37. The number of hydrogen-bond acceptors (Lipinski definition) is 2. The van der Waals surface area contributed by atoms with E-state index in [9.17, 15) is 4.79 Å². The topological polar surface area (TPSA) is 60.1 Å². The standard InChI is InChI=1S/C14H21N3O/c1-9(10-3-2-4-10)16-14(18)13-7-11(15)8-17(13)12-5-6-12/h7-10,12H,2-6,15H2,1H3,(H,16,18). The van der Waals surface area contributed by atoms with Gasteiger partial charge in [0.1, 0.15) is 5.69 Å². The van der Waals surface area contributed by atoms with Crippen LogP contribution in [0.1, 0.15) is 55.6 Å². The van der Waals surface area contributed by atoms with Crippen LogP contribution in [0.25, 0.3) is 0 Å². The Balaban J connectivity index is 1.71. The Morgan fingerprint density at radius 1 is 1.44 bits per heavy atom. The summed E-state index contributed by atoms with van der Waals surface area (Å²) in [6.07, 6.45) is 8.00. The van der Waals surface area contributed by atoms with Gasteiger partial charge in [0.2, 0.25) is 0 Å². The summed E-state index contributed by atoms with van der Waals surface area (Å²) < 4.78 is 2.04. The van der Waals surface area contributed by atoms with Crippen LogP contribution in [0.3, 0.4) is 0 Å². The van der Waals surface area contributed by atoms with Crippen molar-refractivity contribution in [2.24, 2.45) is 5.92 Å². The molecule has 0 spiro atoms. The van der Waals surface area contributed by atoms with Crippen LogP contribution >= 0.6 is 0 Å². The van der Waals surface area contributed by atoms with E-state index in [0.717, 1.165) is 18.5 Å². The van der Waals surface area contributed by atoms with E-state index in [1.54, 1.807) is 6.07 Å². The van der Waals surface area contributed by atoms with Crippen LogP contribution in [0.15, 0.2) is 12.3 Å². The fraction of sp³-hybridized carbons (Fsp3) is 0.643. The van der Waals surface area contributed by atoms with E-state index in [1.165, 1.54) is 19.3 Å². The normalized spacial score (nSPS) is 21.4. The van der Waals surface area contributed by atoms with Crippen LogP contribution in [0.2, 0.25) is 0 Å². The lowest BCUT2D eigenvalue weighted by Crippen LogP contribution is -2.41. The maximum Gasteiger partial charge on any atom is 0.268 e. The minimum absolute atomic E-state index is 0.0259. The Hall–Kier alpha value is -1.45. The number of nitrogens with one attached hydrogen (secondary N) is 1. The van der Waals surface area contributed by atoms with E-state index in [2.05, 4.69) is 12.2 Å². The number of nitrogen functional groups attached to an aromatic ring is 1. The molecule has 1 aromatic heterocycles. The van der Waals surface area contributed by atoms with Gasteiger partial charge in [0, 0.05) is 18.3 Å². The van der Waals surface area contributed by atoms with Crippen LogP contribution < -0.4 is 11.1 Å². The minimum atomic E-state index is 0.0259. The second-order valence-electron chi connectivity index (χ2n) is 5.75. The summed E-state index contributed by atoms with van der Waals surface area (Å²) >= 11 is 0. The van der Waals surface area contributed by atoms with Crippen molar-refractivity contribution in [2.45, 2.75) is 51.1 Å². The molecule has 2 fully saturated rings. The SMILES string of the molecule is CC(NC(=O)c1cc(N)cn1C1CC1)C1CCC1. The molecular weight excluding hydrogens is 226 g/mol. The largest absolute Gasteiger partial charge is 0.397 e. The quantitative estimate of drug-likeness (QED) is 0.857. The number of rotatable bonds is 4. The van der Waals surface area contributed by atoms with Crippen LogP contribution in [0.4, 0.5) is 5.69 Å². The Morgan fingerprint density at radius 3 is 2.72 bits per heavy atom. The van der Waals surface area contributed by atoms with Crippen LogP contribution in [-0.4, -0.2) is 16.5 Å². The highest BCUT2D eigenvalue weighted by Gasteiger charge is 2.30. The fourth-order valence-electron chi connectivity index (χ4n) is 2.68. The maximum atomic E-state index is 12.3. The summed E-state index contributed by atoms with van der Waals surface area (Å²) in [5.74, 6) is 0.689. The smallest absolute Gasteiger partial charge is 0.268 e. The minimum Gasteiger partial charge on any atom is -0.397 e. The van der Waals surface area contributed by atoms with Gasteiger partial charge in [0.05, 0.1) is 5.69 Å². The third-order valence-electron chi connectivity index (χ3n) is 4.26. The number of amides is 1. The lowest BCUT2D eigenvalue weighted by molar-refractivity contribution is 0.0899. The molecule has 1 aromatic rings. The van der Waals surface area contributed by atoms with Crippen molar-refractivity contribution in [3.63, 3.8) is 0 Å². The third-order valence-corrected chi connectivity index (χ3v) is 4.26. The highest BCUT2D eigenvalue weighted by molar-refractivity contribution is 5.94. The molecule has 0 aromatic carbocycles. The second kappa shape index (κ2) is 4.34. The van der Waals surface area contributed by atoms with E-state index in [0.29, 0.717) is 17.6 Å². The van der Waals surface area contributed by atoms with Crippen molar-refractivity contribution < 1.29 is 4.79 Å². The Labute approximate surface area is 108 Å². The van der Waals surface area contributed by atoms with Gasteiger partial charge < -0.3 is 15.6 Å². The Bertz CT molecular complexity index is 458. The first-order valence-corrected chi connectivity index (χ1v) is 6.93. The fourth-order valence-corrected chi connectivity index (χ4v) is 2.68. The van der Waals surface area contributed by atoms with Crippen LogP contribution in [0, 0.1) is 5.92 Å². The number of hydrogen-bond donors (Lipinski definition) is 2. The molecule has 2 aliphatic rings. The number of aromatic nitrogens is 1. The molecule has 1 unspecified atom stereocenters. The molecule has 3 N–H and O–H groups in total. The van der Waals surface area contributed by atoms with Gasteiger partial charge in [0.15, 0.2) is 0 Å². The summed E-state index contributed by atoms with van der Waals surface area (Å²) in [4.78, 5) is 12.3. The highest BCUT2D eigenvalue weighted by atomic mass is 16.2.